The van der Waals surface area contributed by atoms with E-state index in [0.29, 0.717) is 0 Å². The first kappa shape index (κ1) is 9.96. The third kappa shape index (κ3) is 1.58. The van der Waals surface area contributed by atoms with Crippen LogP contribution < -0.4 is 10.6 Å². The van der Waals surface area contributed by atoms with E-state index in [-0.39, 0.29) is 11.9 Å². The lowest BCUT2D eigenvalue weighted by Gasteiger charge is -2.25. The maximum Gasteiger partial charge on any atom is 0.251 e. The number of carbonyl (C=O) groups excluding carboxylic acids is 1. The standard InChI is InChI=1S/C13H13N3O/c1-16-8-7-10-12(16)15-11(13(17)14-10)9-5-3-2-4-6-9/h2-8,11,15H,1H3,(H,14,17). The van der Waals surface area contributed by atoms with Crippen molar-refractivity contribution in [2.24, 2.45) is 7.05 Å². The molecular formula is C13H13N3O. The van der Waals surface area contributed by atoms with Crippen molar-refractivity contribution in [3.8, 4) is 0 Å². The summed E-state index contributed by atoms with van der Waals surface area (Å²) in [5, 5.41) is 6.17. The van der Waals surface area contributed by atoms with Gasteiger partial charge in [-0.25, -0.2) is 0 Å². The van der Waals surface area contributed by atoms with Crippen molar-refractivity contribution in [3.63, 3.8) is 0 Å². The summed E-state index contributed by atoms with van der Waals surface area (Å²) in [7, 11) is 1.95. The SMILES string of the molecule is Cn1ccc2c1NC(c1ccccc1)C(=O)N2. The van der Waals surface area contributed by atoms with Crippen molar-refractivity contribution < 1.29 is 4.79 Å². The smallest absolute Gasteiger partial charge is 0.251 e. The summed E-state index contributed by atoms with van der Waals surface area (Å²) in [6.07, 6.45) is 1.92. The lowest BCUT2D eigenvalue weighted by atomic mass is 10.0. The molecule has 1 aliphatic heterocycles. The van der Waals surface area contributed by atoms with Crippen molar-refractivity contribution >= 4 is 17.4 Å². The Morgan fingerprint density at radius 1 is 1.18 bits per heavy atom. The molecule has 1 atom stereocenters. The van der Waals surface area contributed by atoms with Gasteiger partial charge in [-0.15, -0.1) is 0 Å². The molecular weight excluding hydrogens is 214 g/mol. The van der Waals surface area contributed by atoms with Crippen LogP contribution in [0.1, 0.15) is 11.6 Å². The molecule has 0 spiro atoms. The number of nitrogens with zero attached hydrogens (tertiary/aromatic N) is 1. The van der Waals surface area contributed by atoms with Gasteiger partial charge in [0.1, 0.15) is 11.9 Å². The van der Waals surface area contributed by atoms with Crippen LogP contribution in [-0.2, 0) is 11.8 Å². The summed E-state index contributed by atoms with van der Waals surface area (Å²) < 4.78 is 1.96. The Morgan fingerprint density at radius 3 is 2.71 bits per heavy atom. The molecule has 0 saturated heterocycles. The fourth-order valence-corrected chi connectivity index (χ4v) is 2.10. The van der Waals surface area contributed by atoms with Crippen molar-refractivity contribution in [2.75, 3.05) is 10.6 Å². The number of fused-ring (bicyclic) bond motifs is 1. The van der Waals surface area contributed by atoms with E-state index in [0.717, 1.165) is 17.1 Å². The Kier molecular flexibility index (Phi) is 2.14. The molecule has 2 heterocycles. The number of aryl methyl sites for hydroxylation is 1. The minimum atomic E-state index is -0.322. The summed E-state index contributed by atoms with van der Waals surface area (Å²) in [5.41, 5.74) is 1.81. The van der Waals surface area contributed by atoms with E-state index in [2.05, 4.69) is 10.6 Å². The molecule has 86 valence electrons. The highest BCUT2D eigenvalue weighted by Gasteiger charge is 2.28. The number of rotatable bonds is 1. The number of carbonyl (C=O) groups is 1. The van der Waals surface area contributed by atoms with Gasteiger partial charge >= 0.3 is 0 Å². The Hall–Kier alpha value is -2.23. The third-order valence-electron chi connectivity index (χ3n) is 3.01. The van der Waals surface area contributed by atoms with Gasteiger partial charge in [-0.2, -0.15) is 0 Å². The first-order valence-electron chi connectivity index (χ1n) is 5.53. The zero-order valence-corrected chi connectivity index (χ0v) is 9.47. The highest BCUT2D eigenvalue weighted by molar-refractivity contribution is 6.02. The largest absolute Gasteiger partial charge is 0.354 e. The minimum Gasteiger partial charge on any atom is -0.354 e. The van der Waals surface area contributed by atoms with Crippen LogP contribution in [0.15, 0.2) is 42.6 Å². The molecule has 2 aromatic rings. The monoisotopic (exact) mass is 227 g/mol. The van der Waals surface area contributed by atoms with Gasteiger partial charge in [-0.1, -0.05) is 30.3 Å². The molecule has 0 radical (unpaired) electrons. The lowest BCUT2D eigenvalue weighted by Crippen LogP contribution is -2.32. The molecule has 1 amide bonds. The summed E-state index contributed by atoms with van der Waals surface area (Å²) in [6, 6.07) is 11.3. The highest BCUT2D eigenvalue weighted by Crippen LogP contribution is 2.32. The topological polar surface area (TPSA) is 46.1 Å². The molecule has 1 unspecified atom stereocenters. The molecule has 1 aliphatic rings. The van der Waals surface area contributed by atoms with Crippen LogP contribution in [0, 0.1) is 0 Å². The van der Waals surface area contributed by atoms with E-state index < -0.39 is 0 Å². The molecule has 4 heteroatoms. The number of benzene rings is 1. The third-order valence-corrected chi connectivity index (χ3v) is 3.01. The Bertz CT molecular complexity index is 559. The molecule has 2 N–H and O–H groups in total. The molecule has 0 fully saturated rings. The van der Waals surface area contributed by atoms with Crippen LogP contribution in [0.3, 0.4) is 0 Å². The van der Waals surface area contributed by atoms with Gasteiger partial charge in [0.05, 0.1) is 5.69 Å². The average Bonchev–Trinajstić information content (AvgIpc) is 2.70. The fraction of sp³-hybridized carbons (Fsp3) is 0.154. The fourth-order valence-electron chi connectivity index (χ4n) is 2.10. The van der Waals surface area contributed by atoms with E-state index in [1.807, 2.05) is 54.2 Å². The second-order valence-corrected chi connectivity index (χ2v) is 4.17. The Balaban J connectivity index is 1.99. The molecule has 3 rings (SSSR count). The minimum absolute atomic E-state index is 0.0186. The van der Waals surface area contributed by atoms with Crippen molar-refractivity contribution in [1.82, 2.24) is 4.57 Å². The zero-order chi connectivity index (χ0) is 11.8. The van der Waals surface area contributed by atoms with Crippen LogP contribution >= 0.6 is 0 Å². The van der Waals surface area contributed by atoms with Crippen LogP contribution in [-0.4, -0.2) is 10.5 Å². The van der Waals surface area contributed by atoms with Crippen LogP contribution in [0.2, 0.25) is 0 Å². The van der Waals surface area contributed by atoms with Gasteiger partial charge in [0.2, 0.25) is 0 Å². The van der Waals surface area contributed by atoms with Gasteiger partial charge < -0.3 is 15.2 Å². The van der Waals surface area contributed by atoms with E-state index >= 15 is 0 Å². The molecule has 1 aromatic carbocycles. The molecule has 1 aromatic heterocycles. The Morgan fingerprint density at radius 2 is 1.94 bits per heavy atom. The number of anilines is 2. The zero-order valence-electron chi connectivity index (χ0n) is 9.47. The molecule has 0 aliphatic carbocycles. The quantitative estimate of drug-likeness (QED) is 0.784. The normalized spacial score (nSPS) is 18.2. The second kappa shape index (κ2) is 3.66. The van der Waals surface area contributed by atoms with Crippen LogP contribution in [0.25, 0.3) is 0 Å². The highest BCUT2D eigenvalue weighted by atomic mass is 16.2. The number of nitrogens with one attached hydrogen (secondary N) is 2. The summed E-state index contributed by atoms with van der Waals surface area (Å²) in [5.74, 6) is 0.924. The van der Waals surface area contributed by atoms with E-state index in [4.69, 9.17) is 0 Å². The number of hydrogen-bond donors (Lipinski definition) is 2. The summed E-state index contributed by atoms with van der Waals surface area (Å²) >= 11 is 0. The predicted molar refractivity (Wildman–Crippen MR) is 66.8 cm³/mol. The maximum absolute atomic E-state index is 12.0. The van der Waals surface area contributed by atoms with Crippen molar-refractivity contribution in [1.29, 1.82) is 0 Å². The van der Waals surface area contributed by atoms with Crippen molar-refractivity contribution in [3.05, 3.63) is 48.2 Å². The van der Waals surface area contributed by atoms with Gasteiger partial charge in [0, 0.05) is 13.2 Å². The van der Waals surface area contributed by atoms with E-state index in [1.54, 1.807) is 0 Å². The molecule has 17 heavy (non-hydrogen) atoms. The first-order chi connectivity index (χ1) is 8.25. The maximum atomic E-state index is 12.0. The second-order valence-electron chi connectivity index (χ2n) is 4.17. The predicted octanol–water partition coefficient (Wildman–Crippen LogP) is 2.13. The molecule has 0 bridgehead atoms. The van der Waals surface area contributed by atoms with Crippen molar-refractivity contribution in [2.45, 2.75) is 6.04 Å². The van der Waals surface area contributed by atoms with Gasteiger partial charge in [-0.3, -0.25) is 4.79 Å². The molecule has 4 nitrogen and oxygen atoms in total. The summed E-state index contributed by atoms with van der Waals surface area (Å²) in [4.78, 5) is 12.0. The average molecular weight is 227 g/mol. The lowest BCUT2D eigenvalue weighted by molar-refractivity contribution is -0.117. The Labute approximate surface area is 99.3 Å². The van der Waals surface area contributed by atoms with Gasteiger partial charge in [-0.05, 0) is 11.6 Å². The van der Waals surface area contributed by atoms with Gasteiger partial charge in [0.15, 0.2) is 0 Å². The van der Waals surface area contributed by atoms with Crippen LogP contribution in [0.5, 0.6) is 0 Å². The number of hydrogen-bond acceptors (Lipinski definition) is 2. The first-order valence-corrected chi connectivity index (χ1v) is 5.53. The van der Waals surface area contributed by atoms with Crippen LogP contribution in [0.4, 0.5) is 11.5 Å². The molecule has 0 saturated carbocycles. The summed E-state index contributed by atoms with van der Waals surface area (Å²) in [6.45, 7) is 0. The van der Waals surface area contributed by atoms with E-state index in [9.17, 15) is 4.79 Å². The van der Waals surface area contributed by atoms with E-state index in [1.165, 1.54) is 0 Å². The number of aromatic nitrogens is 1. The van der Waals surface area contributed by atoms with Gasteiger partial charge in [0.25, 0.3) is 5.91 Å². The number of amides is 1.